The van der Waals surface area contributed by atoms with Crippen LogP contribution >= 0.6 is 11.6 Å². The summed E-state index contributed by atoms with van der Waals surface area (Å²) in [6.07, 6.45) is -10.2. The molecule has 1 saturated carbocycles. The lowest BCUT2D eigenvalue weighted by Crippen LogP contribution is -2.51. The van der Waals surface area contributed by atoms with Gasteiger partial charge in [-0.2, -0.15) is 45.5 Å². The van der Waals surface area contributed by atoms with Gasteiger partial charge in [-0.05, 0) is 18.9 Å². The SMILES string of the molecule is Cn1nc(C(F)(C(F)(F)F)C(F)(F)F)c(OC(F)F)c1N/C=C(\C=N)c1cnc(Cl)c(C(=O)NC2(C#N)CC2)c1. The number of nitrogens with one attached hydrogen (secondary N) is 3. The summed E-state index contributed by atoms with van der Waals surface area (Å²) in [7, 11) is 0.713. The highest BCUT2D eigenvalue weighted by Crippen LogP contribution is 2.56. The van der Waals surface area contributed by atoms with Crippen LogP contribution in [0.3, 0.4) is 0 Å². The van der Waals surface area contributed by atoms with Crippen molar-refractivity contribution < 1.29 is 49.0 Å². The first-order valence-corrected chi connectivity index (χ1v) is 11.0. The van der Waals surface area contributed by atoms with Crippen molar-refractivity contribution in [3.05, 3.63) is 40.4 Å². The van der Waals surface area contributed by atoms with E-state index in [1.165, 1.54) is 0 Å². The average molecular weight is 604 g/mol. The minimum atomic E-state index is -6.68. The molecule has 1 amide bonds. The Hall–Kier alpha value is -4.01. The molecule has 1 aliphatic rings. The maximum absolute atomic E-state index is 14.7. The molecule has 0 spiro atoms. The molecule has 0 bridgehead atoms. The van der Waals surface area contributed by atoms with Crippen molar-refractivity contribution in [3.63, 3.8) is 0 Å². The molecule has 1 fully saturated rings. The molecule has 0 saturated heterocycles. The molecule has 9 nitrogen and oxygen atoms in total. The van der Waals surface area contributed by atoms with Crippen LogP contribution < -0.4 is 15.4 Å². The minimum absolute atomic E-state index is 0.0667. The highest BCUT2D eigenvalue weighted by atomic mass is 35.5. The van der Waals surface area contributed by atoms with E-state index >= 15 is 0 Å². The third-order valence-corrected chi connectivity index (χ3v) is 5.87. The predicted octanol–water partition coefficient (Wildman–Crippen LogP) is 5.25. The maximum atomic E-state index is 14.7. The van der Waals surface area contributed by atoms with Crippen molar-refractivity contribution >= 4 is 35.1 Å². The highest BCUT2D eigenvalue weighted by molar-refractivity contribution is 6.32. The van der Waals surface area contributed by atoms with Crippen LogP contribution in [0.25, 0.3) is 5.57 Å². The Balaban J connectivity index is 2.06. The average Bonchev–Trinajstić information content (AvgIpc) is 3.55. The number of nitriles is 1. The number of aryl methyl sites for hydroxylation is 1. The number of amides is 1. The van der Waals surface area contributed by atoms with Gasteiger partial charge in [0.05, 0.1) is 11.6 Å². The zero-order chi connectivity index (χ0) is 30.3. The molecule has 2 aromatic heterocycles. The molecule has 0 aromatic carbocycles. The van der Waals surface area contributed by atoms with Crippen LogP contribution in [0.5, 0.6) is 5.75 Å². The van der Waals surface area contributed by atoms with Crippen LogP contribution in [0.4, 0.5) is 45.3 Å². The molecular weight excluding hydrogens is 589 g/mol. The molecule has 3 rings (SSSR count). The number of alkyl halides is 9. The summed E-state index contributed by atoms with van der Waals surface area (Å²) in [4.78, 5) is 16.3. The fraction of sp³-hybridized carbons (Fsp3) is 0.381. The van der Waals surface area contributed by atoms with Crippen molar-refractivity contribution in [2.75, 3.05) is 5.32 Å². The number of hydrogen-bond donors (Lipinski definition) is 3. The van der Waals surface area contributed by atoms with Crippen molar-refractivity contribution in [2.45, 2.75) is 43.0 Å². The van der Waals surface area contributed by atoms with E-state index < -0.39 is 53.3 Å². The molecule has 0 unspecified atom stereocenters. The summed E-state index contributed by atoms with van der Waals surface area (Å²) in [6, 6.07) is 3.02. The fourth-order valence-corrected chi connectivity index (χ4v) is 3.50. The zero-order valence-corrected chi connectivity index (χ0v) is 20.4. The van der Waals surface area contributed by atoms with Crippen molar-refractivity contribution in [2.24, 2.45) is 7.05 Å². The number of aromatic nitrogens is 3. The van der Waals surface area contributed by atoms with E-state index in [1.54, 1.807) is 0 Å². The Kier molecular flexibility index (Phi) is 8.03. The second-order valence-electron chi connectivity index (χ2n) is 8.28. The Morgan fingerprint density at radius 1 is 1.25 bits per heavy atom. The van der Waals surface area contributed by atoms with Crippen molar-refractivity contribution in [1.29, 1.82) is 10.7 Å². The molecule has 19 heteroatoms. The van der Waals surface area contributed by atoms with E-state index in [0.29, 0.717) is 26.1 Å². The minimum Gasteiger partial charge on any atom is -0.429 e. The first-order chi connectivity index (χ1) is 18.4. The zero-order valence-electron chi connectivity index (χ0n) is 19.7. The molecule has 0 aliphatic heterocycles. The van der Waals surface area contributed by atoms with Crippen LogP contribution in [0.2, 0.25) is 5.15 Å². The molecular formula is C21H15ClF9N7O2. The summed E-state index contributed by atoms with van der Waals surface area (Å²) in [5.41, 5.74) is -10.4. The summed E-state index contributed by atoms with van der Waals surface area (Å²) in [5, 5.41) is 23.8. The van der Waals surface area contributed by atoms with E-state index in [-0.39, 0.29) is 26.5 Å². The number of hydrogen-bond acceptors (Lipinski definition) is 7. The lowest BCUT2D eigenvalue weighted by atomic mass is 9.99. The molecule has 1 aliphatic carbocycles. The van der Waals surface area contributed by atoms with E-state index in [2.05, 4.69) is 25.5 Å². The highest BCUT2D eigenvalue weighted by Gasteiger charge is 2.76. The van der Waals surface area contributed by atoms with Crippen LogP contribution in [0.15, 0.2) is 18.5 Å². The molecule has 2 aromatic rings. The van der Waals surface area contributed by atoms with Gasteiger partial charge in [-0.1, -0.05) is 11.6 Å². The Bertz CT molecular complexity index is 1380. The van der Waals surface area contributed by atoms with Gasteiger partial charge < -0.3 is 20.8 Å². The molecule has 40 heavy (non-hydrogen) atoms. The molecule has 0 atom stereocenters. The number of pyridine rings is 1. The Morgan fingerprint density at radius 2 is 1.85 bits per heavy atom. The number of halogens is 10. The number of rotatable bonds is 9. The van der Waals surface area contributed by atoms with Gasteiger partial charge in [-0.15, -0.1) is 0 Å². The van der Waals surface area contributed by atoms with Gasteiger partial charge >= 0.3 is 24.6 Å². The van der Waals surface area contributed by atoms with Gasteiger partial charge in [-0.25, -0.2) is 14.1 Å². The second kappa shape index (κ2) is 10.5. The number of allylic oxidation sites excluding steroid dienone is 1. The molecule has 2 heterocycles. The summed E-state index contributed by atoms with van der Waals surface area (Å²) in [6.45, 7) is -4.00. The van der Waals surface area contributed by atoms with Gasteiger partial charge in [0.25, 0.3) is 5.91 Å². The van der Waals surface area contributed by atoms with Crippen LogP contribution in [0, 0.1) is 16.7 Å². The van der Waals surface area contributed by atoms with E-state index in [4.69, 9.17) is 22.3 Å². The van der Waals surface area contributed by atoms with Crippen LogP contribution in [-0.4, -0.2) is 51.4 Å². The number of ether oxygens (including phenoxy) is 1. The lowest BCUT2D eigenvalue weighted by Gasteiger charge is -2.28. The standard InChI is InChI=1S/C21H15ClF9N7O2/c1-38-15(12(40-17(23)24)13(37-38)19(25,20(26,27)28)21(29,30)31)35-7-10(5-32)9-4-11(14(22)34-6-9)16(39)36-18(8-33)2-3-18/h4-7,17,32,35H,2-3H2,1H3,(H,36,39)/b10-7+,32-5?. The quantitative estimate of drug-likeness (QED) is 0.204. The van der Waals surface area contributed by atoms with Gasteiger partial charge in [0, 0.05) is 36.8 Å². The third kappa shape index (κ3) is 5.64. The summed E-state index contributed by atoms with van der Waals surface area (Å²) < 4.78 is 124. The van der Waals surface area contributed by atoms with Gasteiger partial charge in [0.2, 0.25) is 0 Å². The first kappa shape index (κ1) is 30.5. The summed E-state index contributed by atoms with van der Waals surface area (Å²) in [5.74, 6) is -3.79. The largest absolute Gasteiger partial charge is 0.437 e. The first-order valence-electron chi connectivity index (χ1n) is 10.6. The van der Waals surface area contributed by atoms with E-state index in [1.807, 2.05) is 6.07 Å². The Labute approximate surface area is 223 Å². The van der Waals surface area contributed by atoms with E-state index in [9.17, 15) is 44.3 Å². The monoisotopic (exact) mass is 603 g/mol. The van der Waals surface area contributed by atoms with Crippen molar-refractivity contribution in [3.8, 4) is 11.8 Å². The van der Waals surface area contributed by atoms with Crippen LogP contribution in [-0.2, 0) is 12.7 Å². The number of nitrogens with zero attached hydrogens (tertiary/aromatic N) is 4. The maximum Gasteiger partial charge on any atom is 0.437 e. The Morgan fingerprint density at radius 3 is 2.33 bits per heavy atom. The second-order valence-corrected chi connectivity index (χ2v) is 8.64. The number of carbonyl (C=O) groups is 1. The number of carbonyl (C=O) groups excluding carboxylic acids is 1. The third-order valence-electron chi connectivity index (χ3n) is 5.57. The molecule has 3 N–H and O–H groups in total. The van der Waals surface area contributed by atoms with Crippen LogP contribution in [0.1, 0.15) is 34.5 Å². The predicted molar refractivity (Wildman–Crippen MR) is 119 cm³/mol. The molecule has 216 valence electrons. The number of anilines is 1. The molecule has 0 radical (unpaired) electrons. The van der Waals surface area contributed by atoms with Gasteiger partial charge in [0.1, 0.15) is 10.7 Å². The van der Waals surface area contributed by atoms with E-state index in [0.717, 1.165) is 18.5 Å². The topological polar surface area (TPSA) is 129 Å². The lowest BCUT2D eigenvalue weighted by molar-refractivity contribution is -0.350. The van der Waals surface area contributed by atoms with Gasteiger partial charge in [-0.3, -0.25) is 4.79 Å². The summed E-state index contributed by atoms with van der Waals surface area (Å²) >= 11 is 5.95. The normalized spacial score (nSPS) is 15.4. The smallest absolute Gasteiger partial charge is 0.429 e. The van der Waals surface area contributed by atoms with Crippen molar-refractivity contribution in [1.82, 2.24) is 20.1 Å². The fourth-order valence-electron chi connectivity index (χ4n) is 3.31. The van der Waals surface area contributed by atoms with Gasteiger partial charge in [0.15, 0.2) is 17.3 Å².